The molecule has 1 fully saturated rings. The number of ether oxygens (including phenoxy) is 1. The van der Waals surface area contributed by atoms with Crippen LogP contribution in [0.25, 0.3) is 21.3 Å². The van der Waals surface area contributed by atoms with E-state index < -0.39 is 5.92 Å². The number of fused-ring (bicyclic) bond motifs is 1. The third-order valence-electron chi connectivity index (χ3n) is 5.79. The summed E-state index contributed by atoms with van der Waals surface area (Å²) in [6.07, 6.45) is 3.15. The number of aromatic nitrogens is 1. The molecule has 236 valence electrons. The smallest absolute Gasteiger partial charge is 0.253 e. The Hall–Kier alpha value is -3.96. The van der Waals surface area contributed by atoms with Crippen LogP contribution in [0.3, 0.4) is 0 Å². The molecule has 2 N–H and O–H groups in total. The van der Waals surface area contributed by atoms with E-state index in [4.69, 9.17) is 14.3 Å². The number of nitrogens with zero attached hydrogens (tertiary/aromatic N) is 2. The summed E-state index contributed by atoms with van der Waals surface area (Å²) in [6, 6.07) is 13.7. The Kier molecular flexibility index (Phi) is 19.7. The monoisotopic (exact) mass is 614 g/mol. The van der Waals surface area contributed by atoms with Crippen LogP contribution in [-0.4, -0.2) is 81.6 Å². The van der Waals surface area contributed by atoms with Crippen LogP contribution in [0, 0.1) is 0 Å². The SMILES string of the molecule is C=O.C=O.CC.CC(C(=O)NCC(=O)NC1CC1)c1nc2cc(-c3cccc(C(=O)N(C)C)c3)ccc2s1.CCCOC. The first kappa shape index (κ1) is 39.0. The predicted molar refractivity (Wildman–Crippen MR) is 173 cm³/mol. The van der Waals surface area contributed by atoms with Crippen molar-refractivity contribution in [2.45, 2.75) is 58.9 Å². The van der Waals surface area contributed by atoms with Crippen molar-refractivity contribution in [1.29, 1.82) is 0 Å². The van der Waals surface area contributed by atoms with E-state index in [0.717, 1.165) is 47.2 Å². The predicted octanol–water partition coefficient (Wildman–Crippen LogP) is 4.86. The molecule has 11 heteroatoms. The molecule has 1 aliphatic rings. The van der Waals surface area contributed by atoms with E-state index in [1.807, 2.05) is 63.8 Å². The van der Waals surface area contributed by atoms with Crippen molar-refractivity contribution in [3.8, 4) is 11.1 Å². The molecule has 0 spiro atoms. The van der Waals surface area contributed by atoms with Crippen molar-refractivity contribution >= 4 is 52.9 Å². The number of carbonyl (C=O) groups is 5. The second-order valence-electron chi connectivity index (χ2n) is 9.29. The van der Waals surface area contributed by atoms with Gasteiger partial charge in [-0.1, -0.05) is 39.0 Å². The summed E-state index contributed by atoms with van der Waals surface area (Å²) in [5.74, 6) is -0.873. The van der Waals surface area contributed by atoms with Gasteiger partial charge >= 0.3 is 0 Å². The molecule has 1 aromatic heterocycles. The summed E-state index contributed by atoms with van der Waals surface area (Å²) in [5.41, 5.74) is 3.32. The van der Waals surface area contributed by atoms with Gasteiger partial charge in [0.1, 0.15) is 18.6 Å². The van der Waals surface area contributed by atoms with Gasteiger partial charge in [-0.2, -0.15) is 0 Å². The number of hydrogen-bond donors (Lipinski definition) is 2. The number of carbonyl (C=O) groups excluding carboxylic acids is 5. The largest absolute Gasteiger partial charge is 0.385 e. The molecule has 1 saturated carbocycles. The van der Waals surface area contributed by atoms with Gasteiger partial charge < -0.3 is 29.9 Å². The van der Waals surface area contributed by atoms with Crippen molar-refractivity contribution < 1.29 is 28.7 Å². The molecule has 3 aromatic rings. The van der Waals surface area contributed by atoms with Crippen LogP contribution in [0.2, 0.25) is 0 Å². The number of methoxy groups -OCH3 is 1. The first-order chi connectivity index (χ1) is 20.7. The van der Waals surface area contributed by atoms with Crippen molar-refractivity contribution in [3.63, 3.8) is 0 Å². The number of benzene rings is 2. The minimum Gasteiger partial charge on any atom is -0.385 e. The van der Waals surface area contributed by atoms with Gasteiger partial charge in [-0.3, -0.25) is 14.4 Å². The highest BCUT2D eigenvalue weighted by molar-refractivity contribution is 7.18. The molecule has 1 unspecified atom stereocenters. The number of nitrogens with one attached hydrogen (secondary N) is 2. The lowest BCUT2D eigenvalue weighted by Gasteiger charge is -2.11. The van der Waals surface area contributed by atoms with Gasteiger partial charge in [-0.15, -0.1) is 11.3 Å². The molecule has 0 bridgehead atoms. The van der Waals surface area contributed by atoms with E-state index in [9.17, 15) is 14.4 Å². The molecule has 0 aliphatic heterocycles. The highest BCUT2D eigenvalue weighted by atomic mass is 32.1. The van der Waals surface area contributed by atoms with Gasteiger partial charge in [0.15, 0.2) is 0 Å². The standard InChI is InChI=1S/C24H26N4O3S.C4H10O.C2H6.2CH2O/c1-14(22(30)25-13-21(29)26-18-8-9-18)23-27-19-12-16(7-10-20(19)32-23)15-5-4-6-17(11-15)24(31)28(2)3;1-3-4-5-2;3*1-2/h4-7,10-12,14,18H,8-9,13H2,1-3H3,(H,25,30)(H,26,29);3-4H2,1-2H3;1-2H3;2*1H2. The summed E-state index contributed by atoms with van der Waals surface area (Å²) in [7, 11) is 5.17. The summed E-state index contributed by atoms with van der Waals surface area (Å²) in [5, 5.41) is 6.26. The van der Waals surface area contributed by atoms with Crippen LogP contribution in [-0.2, 0) is 23.9 Å². The van der Waals surface area contributed by atoms with E-state index in [2.05, 4.69) is 22.5 Å². The van der Waals surface area contributed by atoms with Crippen LogP contribution < -0.4 is 10.6 Å². The average Bonchev–Trinajstić information content (AvgIpc) is 3.76. The van der Waals surface area contributed by atoms with Gasteiger partial charge in [-0.25, -0.2) is 4.98 Å². The minimum absolute atomic E-state index is 0.0171. The Labute approximate surface area is 259 Å². The minimum atomic E-state index is -0.453. The Bertz CT molecular complexity index is 1270. The topological polar surface area (TPSA) is 135 Å². The van der Waals surface area contributed by atoms with E-state index in [1.54, 1.807) is 39.1 Å². The number of rotatable bonds is 9. The van der Waals surface area contributed by atoms with E-state index in [1.165, 1.54) is 11.3 Å². The highest BCUT2D eigenvalue weighted by Crippen LogP contribution is 2.31. The van der Waals surface area contributed by atoms with Gasteiger partial charge in [0.2, 0.25) is 11.8 Å². The molecule has 2 aromatic carbocycles. The van der Waals surface area contributed by atoms with Crippen LogP contribution in [0.1, 0.15) is 68.2 Å². The van der Waals surface area contributed by atoms with Gasteiger partial charge in [0.25, 0.3) is 5.91 Å². The van der Waals surface area contributed by atoms with E-state index in [0.29, 0.717) is 10.6 Å². The Morgan fingerprint density at radius 1 is 1.05 bits per heavy atom. The zero-order chi connectivity index (χ0) is 32.9. The second kappa shape index (κ2) is 21.7. The first-order valence-electron chi connectivity index (χ1n) is 14.1. The zero-order valence-corrected chi connectivity index (χ0v) is 27.2. The molecule has 10 nitrogen and oxygen atoms in total. The molecular weight excluding hydrogens is 568 g/mol. The van der Waals surface area contributed by atoms with Crippen molar-refractivity contribution in [3.05, 3.63) is 53.0 Å². The summed E-state index contributed by atoms with van der Waals surface area (Å²) < 4.78 is 5.67. The molecule has 43 heavy (non-hydrogen) atoms. The van der Waals surface area contributed by atoms with Crippen molar-refractivity contribution in [1.82, 2.24) is 20.5 Å². The van der Waals surface area contributed by atoms with Crippen LogP contribution >= 0.6 is 11.3 Å². The molecule has 0 saturated heterocycles. The summed E-state index contributed by atoms with van der Waals surface area (Å²) >= 11 is 1.47. The molecule has 0 radical (unpaired) electrons. The maximum atomic E-state index is 12.5. The third-order valence-corrected chi connectivity index (χ3v) is 7.01. The lowest BCUT2D eigenvalue weighted by molar-refractivity contribution is -0.126. The lowest BCUT2D eigenvalue weighted by atomic mass is 10.0. The number of amides is 3. The van der Waals surface area contributed by atoms with Crippen LogP contribution in [0.5, 0.6) is 0 Å². The van der Waals surface area contributed by atoms with E-state index in [-0.39, 0.29) is 30.3 Å². The number of hydrogen-bond acceptors (Lipinski definition) is 8. The first-order valence-corrected chi connectivity index (χ1v) is 14.9. The summed E-state index contributed by atoms with van der Waals surface area (Å²) in [4.78, 5) is 58.8. The maximum absolute atomic E-state index is 12.5. The zero-order valence-electron chi connectivity index (χ0n) is 26.4. The van der Waals surface area contributed by atoms with Gasteiger partial charge in [0.05, 0.1) is 22.7 Å². The van der Waals surface area contributed by atoms with E-state index >= 15 is 0 Å². The molecule has 4 rings (SSSR count). The van der Waals surface area contributed by atoms with Crippen LogP contribution in [0.15, 0.2) is 42.5 Å². The molecule has 1 heterocycles. The molecule has 1 aliphatic carbocycles. The fraction of sp³-hybridized carbons (Fsp3) is 0.438. The van der Waals surface area contributed by atoms with Crippen LogP contribution in [0.4, 0.5) is 0 Å². The highest BCUT2D eigenvalue weighted by Gasteiger charge is 2.24. The fourth-order valence-corrected chi connectivity index (χ4v) is 4.54. The third kappa shape index (κ3) is 13.3. The second-order valence-corrected chi connectivity index (χ2v) is 10.4. The quantitative estimate of drug-likeness (QED) is 0.351. The normalized spacial score (nSPS) is 11.8. The Morgan fingerprint density at radius 3 is 2.21 bits per heavy atom. The molecule has 1 atom stereocenters. The maximum Gasteiger partial charge on any atom is 0.253 e. The fourth-order valence-electron chi connectivity index (χ4n) is 3.54. The molecular formula is C32H46N4O6S. The average molecular weight is 615 g/mol. The molecule has 3 amide bonds. The van der Waals surface area contributed by atoms with Crippen molar-refractivity contribution in [2.75, 3.05) is 34.4 Å². The lowest BCUT2D eigenvalue weighted by Crippen LogP contribution is -2.39. The van der Waals surface area contributed by atoms with Crippen molar-refractivity contribution in [2.24, 2.45) is 0 Å². The Morgan fingerprint density at radius 2 is 1.67 bits per heavy atom. The number of thiazole rings is 1. The summed E-state index contributed by atoms with van der Waals surface area (Å²) in [6.45, 7) is 12.8. The van der Waals surface area contributed by atoms with Gasteiger partial charge in [0, 0.05) is 39.4 Å². The van der Waals surface area contributed by atoms with Gasteiger partial charge in [-0.05, 0) is 61.6 Å². The Balaban J connectivity index is 0.00000141.